The van der Waals surface area contributed by atoms with Crippen LogP contribution in [0.15, 0.2) is 24.3 Å². The van der Waals surface area contributed by atoms with Crippen molar-refractivity contribution in [3.63, 3.8) is 0 Å². The molecule has 4 nitrogen and oxygen atoms in total. The Kier molecular flexibility index (Phi) is 4.54. The van der Waals surface area contributed by atoms with Gasteiger partial charge < -0.3 is 9.84 Å². The molecule has 0 aromatic heterocycles. The van der Waals surface area contributed by atoms with E-state index < -0.39 is 0 Å². The van der Waals surface area contributed by atoms with Gasteiger partial charge in [-0.15, -0.1) is 0 Å². The molecule has 112 valence electrons. The highest BCUT2D eigenvalue weighted by Crippen LogP contribution is 2.31. The fourth-order valence-corrected chi connectivity index (χ4v) is 3.62. The number of nitriles is 1. The van der Waals surface area contributed by atoms with Gasteiger partial charge in [-0.05, 0) is 43.5 Å². The van der Waals surface area contributed by atoms with Crippen molar-refractivity contribution in [2.24, 2.45) is 5.92 Å². The van der Waals surface area contributed by atoms with Gasteiger partial charge in [0.2, 0.25) is 0 Å². The minimum atomic E-state index is -0.241. The summed E-state index contributed by atoms with van der Waals surface area (Å²) in [5.41, 5.74) is 1.89. The number of hydrogen-bond acceptors (Lipinski definition) is 4. The Balaban J connectivity index is 1.70. The Morgan fingerprint density at radius 1 is 1.38 bits per heavy atom. The molecule has 4 heteroatoms. The van der Waals surface area contributed by atoms with E-state index in [9.17, 15) is 5.11 Å². The third-order valence-electron chi connectivity index (χ3n) is 4.71. The second-order valence-corrected chi connectivity index (χ2v) is 6.09. The molecular weight excluding hydrogens is 264 g/mol. The van der Waals surface area contributed by atoms with Gasteiger partial charge in [-0.3, -0.25) is 4.90 Å². The van der Waals surface area contributed by atoms with Gasteiger partial charge >= 0.3 is 0 Å². The van der Waals surface area contributed by atoms with Crippen molar-refractivity contribution in [3.05, 3.63) is 35.4 Å². The van der Waals surface area contributed by atoms with E-state index in [1.807, 2.05) is 18.2 Å². The van der Waals surface area contributed by atoms with Crippen LogP contribution >= 0.6 is 0 Å². The fourth-order valence-electron chi connectivity index (χ4n) is 3.62. The second kappa shape index (κ2) is 6.57. The molecule has 2 aliphatic rings. The third-order valence-corrected chi connectivity index (χ3v) is 4.71. The molecule has 2 fully saturated rings. The SMILES string of the molecule is N#Cc1cccc(CN2CCC[C@@H]2[C@H]2COCC[C@@H]2O)c1. The summed E-state index contributed by atoms with van der Waals surface area (Å²) in [5.74, 6) is 0.223. The summed E-state index contributed by atoms with van der Waals surface area (Å²) in [4.78, 5) is 2.44. The number of aliphatic hydroxyl groups excluding tert-OH is 1. The van der Waals surface area contributed by atoms with Crippen LogP contribution in [0.1, 0.15) is 30.4 Å². The van der Waals surface area contributed by atoms with Gasteiger partial charge in [0.25, 0.3) is 0 Å². The highest BCUT2D eigenvalue weighted by molar-refractivity contribution is 5.32. The zero-order valence-electron chi connectivity index (χ0n) is 12.2. The largest absolute Gasteiger partial charge is 0.393 e. The van der Waals surface area contributed by atoms with E-state index in [0.29, 0.717) is 24.8 Å². The first-order valence-electron chi connectivity index (χ1n) is 7.77. The molecule has 0 aliphatic carbocycles. The van der Waals surface area contributed by atoms with Gasteiger partial charge in [0, 0.05) is 25.1 Å². The smallest absolute Gasteiger partial charge is 0.0991 e. The Morgan fingerprint density at radius 2 is 2.29 bits per heavy atom. The molecule has 1 aromatic rings. The fraction of sp³-hybridized carbons (Fsp3) is 0.588. The summed E-state index contributed by atoms with van der Waals surface area (Å²) in [6, 6.07) is 10.4. The van der Waals surface area contributed by atoms with Gasteiger partial charge in [0.05, 0.1) is 24.3 Å². The predicted octanol–water partition coefficient (Wildman–Crippen LogP) is 1.92. The minimum Gasteiger partial charge on any atom is -0.393 e. The van der Waals surface area contributed by atoms with Crippen molar-refractivity contribution in [2.75, 3.05) is 19.8 Å². The molecular formula is C17H22N2O2. The summed E-state index contributed by atoms with van der Waals surface area (Å²) in [5, 5.41) is 19.2. The maximum atomic E-state index is 10.2. The van der Waals surface area contributed by atoms with Crippen LogP contribution < -0.4 is 0 Å². The van der Waals surface area contributed by atoms with E-state index >= 15 is 0 Å². The molecule has 2 saturated heterocycles. The predicted molar refractivity (Wildman–Crippen MR) is 79.5 cm³/mol. The van der Waals surface area contributed by atoms with Gasteiger partial charge in [0.1, 0.15) is 0 Å². The molecule has 0 spiro atoms. The van der Waals surface area contributed by atoms with Crippen molar-refractivity contribution >= 4 is 0 Å². The van der Waals surface area contributed by atoms with Gasteiger partial charge in [0.15, 0.2) is 0 Å². The van der Waals surface area contributed by atoms with E-state index in [2.05, 4.69) is 17.0 Å². The zero-order chi connectivity index (χ0) is 14.7. The van der Waals surface area contributed by atoms with Crippen molar-refractivity contribution in [1.82, 2.24) is 4.90 Å². The molecule has 3 rings (SSSR count). The quantitative estimate of drug-likeness (QED) is 0.922. The number of ether oxygens (including phenoxy) is 1. The molecule has 0 saturated carbocycles. The summed E-state index contributed by atoms with van der Waals surface area (Å²) in [6.45, 7) is 3.25. The van der Waals surface area contributed by atoms with E-state index in [-0.39, 0.29) is 12.0 Å². The molecule has 1 aromatic carbocycles. The molecule has 2 heterocycles. The standard InChI is InChI=1S/C17H22N2O2/c18-10-13-3-1-4-14(9-13)11-19-7-2-5-16(19)15-12-21-8-6-17(15)20/h1,3-4,9,15-17,20H,2,5-8,11-12H2/t15-,16-,17+/m1/s1. The van der Waals surface area contributed by atoms with E-state index in [1.165, 1.54) is 12.0 Å². The van der Waals surface area contributed by atoms with Crippen LogP contribution in [0.2, 0.25) is 0 Å². The average Bonchev–Trinajstić information content (AvgIpc) is 2.96. The van der Waals surface area contributed by atoms with E-state index in [1.54, 1.807) is 0 Å². The van der Waals surface area contributed by atoms with Crippen molar-refractivity contribution in [2.45, 2.75) is 38.0 Å². The molecule has 21 heavy (non-hydrogen) atoms. The topological polar surface area (TPSA) is 56.5 Å². The second-order valence-electron chi connectivity index (χ2n) is 6.09. The van der Waals surface area contributed by atoms with E-state index in [4.69, 9.17) is 10.00 Å². The average molecular weight is 286 g/mol. The Labute approximate surface area is 125 Å². The number of hydrogen-bond donors (Lipinski definition) is 1. The van der Waals surface area contributed by atoms with Gasteiger partial charge in [-0.2, -0.15) is 5.26 Å². The first kappa shape index (κ1) is 14.5. The Morgan fingerprint density at radius 3 is 3.10 bits per heavy atom. The van der Waals surface area contributed by atoms with Crippen LogP contribution in [-0.4, -0.2) is 41.9 Å². The summed E-state index contributed by atoms with van der Waals surface area (Å²) in [6.07, 6.45) is 2.81. The number of likely N-dealkylation sites (tertiary alicyclic amines) is 1. The lowest BCUT2D eigenvalue weighted by atomic mass is 9.89. The van der Waals surface area contributed by atoms with Crippen LogP contribution in [0.3, 0.4) is 0 Å². The lowest BCUT2D eigenvalue weighted by molar-refractivity contribution is -0.0636. The lowest BCUT2D eigenvalue weighted by Crippen LogP contribution is -2.45. The molecule has 0 amide bonds. The highest BCUT2D eigenvalue weighted by atomic mass is 16.5. The van der Waals surface area contributed by atoms with Crippen LogP contribution in [0.4, 0.5) is 0 Å². The van der Waals surface area contributed by atoms with E-state index in [0.717, 1.165) is 25.9 Å². The third kappa shape index (κ3) is 3.26. The van der Waals surface area contributed by atoms with Crippen LogP contribution in [0.25, 0.3) is 0 Å². The normalized spacial score (nSPS) is 30.2. The summed E-state index contributed by atoms with van der Waals surface area (Å²) in [7, 11) is 0. The number of nitrogens with zero attached hydrogens (tertiary/aromatic N) is 2. The van der Waals surface area contributed by atoms with Crippen molar-refractivity contribution in [1.29, 1.82) is 5.26 Å². The van der Waals surface area contributed by atoms with Crippen molar-refractivity contribution < 1.29 is 9.84 Å². The molecule has 0 unspecified atom stereocenters. The first-order chi connectivity index (χ1) is 10.3. The number of rotatable bonds is 3. The van der Waals surface area contributed by atoms with Crippen molar-refractivity contribution in [3.8, 4) is 6.07 Å². The summed E-state index contributed by atoms with van der Waals surface area (Å²) >= 11 is 0. The van der Waals surface area contributed by atoms with Gasteiger partial charge in [-0.1, -0.05) is 12.1 Å². The van der Waals surface area contributed by atoms with Gasteiger partial charge in [-0.25, -0.2) is 0 Å². The Bertz CT molecular complexity index is 526. The van der Waals surface area contributed by atoms with Crippen LogP contribution in [-0.2, 0) is 11.3 Å². The highest BCUT2D eigenvalue weighted by Gasteiger charge is 2.37. The summed E-state index contributed by atoms with van der Waals surface area (Å²) < 4.78 is 5.57. The molecule has 0 radical (unpaired) electrons. The lowest BCUT2D eigenvalue weighted by Gasteiger charge is -2.37. The monoisotopic (exact) mass is 286 g/mol. The minimum absolute atomic E-state index is 0.223. The Hall–Kier alpha value is -1.41. The zero-order valence-corrected chi connectivity index (χ0v) is 12.2. The number of aliphatic hydroxyl groups is 1. The van der Waals surface area contributed by atoms with Crippen LogP contribution in [0, 0.1) is 17.2 Å². The molecule has 3 atom stereocenters. The first-order valence-corrected chi connectivity index (χ1v) is 7.77. The molecule has 1 N–H and O–H groups in total. The molecule has 0 bridgehead atoms. The maximum Gasteiger partial charge on any atom is 0.0991 e. The maximum absolute atomic E-state index is 10.2. The van der Waals surface area contributed by atoms with Crippen LogP contribution in [0.5, 0.6) is 0 Å². The molecule has 2 aliphatic heterocycles. The number of benzene rings is 1.